The molecule has 29 heavy (non-hydrogen) atoms. The molecule has 1 aromatic carbocycles. The van der Waals surface area contributed by atoms with Crippen LogP contribution in [0.15, 0.2) is 47.4 Å². The molecule has 0 spiro atoms. The molecule has 7 nitrogen and oxygen atoms in total. The molecule has 0 radical (unpaired) electrons. The highest BCUT2D eigenvalue weighted by Gasteiger charge is 2.22. The first-order valence-electron chi connectivity index (χ1n) is 9.23. The number of rotatable bonds is 4. The van der Waals surface area contributed by atoms with Crippen LogP contribution < -0.4 is 10.9 Å². The van der Waals surface area contributed by atoms with E-state index < -0.39 is 29.1 Å². The molecule has 3 aromatic rings. The molecule has 0 saturated carbocycles. The molecule has 152 valence electrons. The van der Waals surface area contributed by atoms with E-state index in [2.05, 4.69) is 15.3 Å². The number of carbonyl (C=O) groups is 1. The Bertz CT molecular complexity index is 1090. The first-order chi connectivity index (χ1) is 13.6. The van der Waals surface area contributed by atoms with Crippen LogP contribution in [0, 0.1) is 5.82 Å². The molecule has 0 fully saturated rings. The van der Waals surface area contributed by atoms with Crippen molar-refractivity contribution in [3.8, 4) is 0 Å². The monoisotopic (exact) mass is 398 g/mol. The van der Waals surface area contributed by atoms with Gasteiger partial charge in [-0.1, -0.05) is 6.07 Å². The summed E-state index contributed by atoms with van der Waals surface area (Å²) in [5.41, 5.74) is -0.0847. The molecule has 2 heterocycles. The van der Waals surface area contributed by atoms with Crippen molar-refractivity contribution < 1.29 is 13.9 Å². The fraction of sp³-hybridized carbons (Fsp3) is 0.333. The van der Waals surface area contributed by atoms with Gasteiger partial charge in [0.2, 0.25) is 0 Å². The molecule has 0 aliphatic heterocycles. The van der Waals surface area contributed by atoms with Gasteiger partial charge in [-0.15, -0.1) is 0 Å². The highest BCUT2D eigenvalue weighted by atomic mass is 19.1. The van der Waals surface area contributed by atoms with Crippen LogP contribution in [-0.2, 0) is 11.3 Å². The van der Waals surface area contributed by atoms with Crippen molar-refractivity contribution in [3.05, 3.63) is 70.3 Å². The molecule has 1 atom stereocenters. The number of fused-ring (bicyclic) bond motifs is 1. The predicted octanol–water partition coefficient (Wildman–Crippen LogP) is 3.56. The second-order valence-electron chi connectivity index (χ2n) is 7.71. The lowest BCUT2D eigenvalue weighted by atomic mass is 10.2. The summed E-state index contributed by atoms with van der Waals surface area (Å²) in [7, 11) is 0. The SMILES string of the molecule is C[C@H](NC(=O)OC(C)(C)C)c1nc2ccc(F)cc2c(=O)n1Cc1ccccn1. The zero-order chi connectivity index (χ0) is 21.2. The van der Waals surface area contributed by atoms with Crippen molar-refractivity contribution in [2.45, 2.75) is 45.9 Å². The van der Waals surface area contributed by atoms with E-state index in [0.717, 1.165) is 6.07 Å². The molecule has 0 aliphatic rings. The average molecular weight is 398 g/mol. The number of ether oxygens (including phenoxy) is 1. The summed E-state index contributed by atoms with van der Waals surface area (Å²) in [6.07, 6.45) is 0.999. The maximum Gasteiger partial charge on any atom is 0.408 e. The minimum atomic E-state index is -0.661. The Balaban J connectivity index is 2.06. The Morgan fingerprint density at radius 3 is 2.69 bits per heavy atom. The zero-order valence-corrected chi connectivity index (χ0v) is 16.8. The molecule has 1 N–H and O–H groups in total. The van der Waals surface area contributed by atoms with Gasteiger partial charge < -0.3 is 10.1 Å². The highest BCUT2D eigenvalue weighted by Crippen LogP contribution is 2.17. The van der Waals surface area contributed by atoms with Gasteiger partial charge in [-0.3, -0.25) is 14.3 Å². The van der Waals surface area contributed by atoms with Gasteiger partial charge in [0.05, 0.1) is 29.2 Å². The lowest BCUT2D eigenvalue weighted by molar-refractivity contribution is 0.0505. The smallest absolute Gasteiger partial charge is 0.408 e. The Morgan fingerprint density at radius 2 is 2.03 bits per heavy atom. The predicted molar refractivity (Wildman–Crippen MR) is 107 cm³/mol. The van der Waals surface area contributed by atoms with Crippen molar-refractivity contribution in [2.75, 3.05) is 0 Å². The summed E-state index contributed by atoms with van der Waals surface area (Å²) in [6.45, 7) is 7.12. The minimum Gasteiger partial charge on any atom is -0.444 e. The largest absolute Gasteiger partial charge is 0.444 e. The van der Waals surface area contributed by atoms with E-state index in [4.69, 9.17) is 4.74 Å². The summed E-state index contributed by atoms with van der Waals surface area (Å²) in [6, 6.07) is 8.58. The standard InChI is InChI=1S/C21H23FN4O3/c1-13(24-20(28)29-21(2,3)4)18-25-17-9-8-14(22)11-16(17)19(27)26(18)12-15-7-5-6-10-23-15/h5-11,13H,12H2,1-4H3,(H,24,28)/t13-/m0/s1. The van der Waals surface area contributed by atoms with Crippen molar-refractivity contribution in [1.29, 1.82) is 0 Å². The lowest BCUT2D eigenvalue weighted by Crippen LogP contribution is -2.37. The maximum atomic E-state index is 13.7. The van der Waals surface area contributed by atoms with Crippen LogP contribution in [0.1, 0.15) is 45.3 Å². The third kappa shape index (κ3) is 4.96. The van der Waals surface area contributed by atoms with Crippen LogP contribution in [0.4, 0.5) is 9.18 Å². The molecule has 8 heteroatoms. The summed E-state index contributed by atoms with van der Waals surface area (Å²) >= 11 is 0. The molecule has 1 amide bonds. The number of hydrogen-bond donors (Lipinski definition) is 1. The summed E-state index contributed by atoms with van der Waals surface area (Å²) < 4.78 is 20.4. The fourth-order valence-electron chi connectivity index (χ4n) is 2.90. The van der Waals surface area contributed by atoms with E-state index in [1.165, 1.54) is 16.7 Å². The second-order valence-corrected chi connectivity index (χ2v) is 7.71. The molecule has 0 unspecified atom stereocenters. The molecule has 0 aliphatic carbocycles. The molecule has 0 bridgehead atoms. The molecule has 2 aromatic heterocycles. The molecular weight excluding hydrogens is 375 g/mol. The number of hydrogen-bond acceptors (Lipinski definition) is 5. The summed E-state index contributed by atoms with van der Waals surface area (Å²) in [5, 5.41) is 2.87. The Morgan fingerprint density at radius 1 is 1.28 bits per heavy atom. The Kier molecular flexibility index (Phi) is 5.63. The van der Waals surface area contributed by atoms with Gasteiger partial charge in [0.1, 0.15) is 17.2 Å². The van der Waals surface area contributed by atoms with Gasteiger partial charge in [-0.2, -0.15) is 0 Å². The number of nitrogens with zero attached hydrogens (tertiary/aromatic N) is 3. The van der Waals surface area contributed by atoms with Crippen LogP contribution in [0.5, 0.6) is 0 Å². The van der Waals surface area contributed by atoms with E-state index in [1.807, 2.05) is 6.07 Å². The number of nitrogens with one attached hydrogen (secondary N) is 1. The van der Waals surface area contributed by atoms with Gasteiger partial charge in [0.25, 0.3) is 5.56 Å². The van der Waals surface area contributed by atoms with E-state index in [0.29, 0.717) is 17.0 Å². The van der Waals surface area contributed by atoms with Gasteiger partial charge in [-0.25, -0.2) is 14.2 Å². The maximum absolute atomic E-state index is 13.7. The number of benzene rings is 1. The van der Waals surface area contributed by atoms with Crippen molar-refractivity contribution in [3.63, 3.8) is 0 Å². The van der Waals surface area contributed by atoms with Gasteiger partial charge in [0, 0.05) is 6.20 Å². The molecule has 0 saturated heterocycles. The van der Waals surface area contributed by atoms with Crippen LogP contribution in [0.2, 0.25) is 0 Å². The van der Waals surface area contributed by atoms with Crippen LogP contribution in [-0.4, -0.2) is 26.2 Å². The van der Waals surface area contributed by atoms with E-state index >= 15 is 0 Å². The lowest BCUT2D eigenvalue weighted by Gasteiger charge is -2.23. The van der Waals surface area contributed by atoms with E-state index in [9.17, 15) is 14.0 Å². The minimum absolute atomic E-state index is 0.134. The van der Waals surface area contributed by atoms with Gasteiger partial charge in [0.15, 0.2) is 0 Å². The number of amides is 1. The van der Waals surface area contributed by atoms with Crippen LogP contribution in [0.25, 0.3) is 10.9 Å². The van der Waals surface area contributed by atoms with Gasteiger partial charge in [-0.05, 0) is 58.0 Å². The number of carbonyl (C=O) groups excluding carboxylic acids is 1. The van der Waals surface area contributed by atoms with Crippen molar-refractivity contribution >= 4 is 17.0 Å². The van der Waals surface area contributed by atoms with Crippen molar-refractivity contribution in [1.82, 2.24) is 19.9 Å². The summed E-state index contributed by atoms with van der Waals surface area (Å²) in [4.78, 5) is 34.1. The van der Waals surface area contributed by atoms with Crippen LogP contribution >= 0.6 is 0 Å². The number of aromatic nitrogens is 3. The van der Waals surface area contributed by atoms with Gasteiger partial charge >= 0.3 is 6.09 Å². The number of alkyl carbamates (subject to hydrolysis) is 1. The molecular formula is C21H23FN4O3. The van der Waals surface area contributed by atoms with Crippen LogP contribution in [0.3, 0.4) is 0 Å². The number of halogens is 1. The Labute approximate surface area is 167 Å². The topological polar surface area (TPSA) is 86.1 Å². The zero-order valence-electron chi connectivity index (χ0n) is 16.8. The quantitative estimate of drug-likeness (QED) is 0.726. The number of pyridine rings is 1. The highest BCUT2D eigenvalue weighted by molar-refractivity contribution is 5.77. The van der Waals surface area contributed by atoms with E-state index in [-0.39, 0.29) is 11.9 Å². The molecule has 3 rings (SSSR count). The Hall–Kier alpha value is -3.29. The third-order valence-electron chi connectivity index (χ3n) is 4.11. The average Bonchev–Trinajstić information content (AvgIpc) is 2.63. The third-order valence-corrected chi connectivity index (χ3v) is 4.11. The first-order valence-corrected chi connectivity index (χ1v) is 9.23. The van der Waals surface area contributed by atoms with Crippen molar-refractivity contribution in [2.24, 2.45) is 0 Å². The second kappa shape index (κ2) is 7.98. The fourth-order valence-corrected chi connectivity index (χ4v) is 2.90. The van der Waals surface area contributed by atoms with E-state index in [1.54, 1.807) is 46.0 Å². The first kappa shape index (κ1) is 20.4. The normalized spacial score (nSPS) is 12.6. The summed E-state index contributed by atoms with van der Waals surface area (Å²) in [5.74, 6) is -0.195.